The third-order valence-corrected chi connectivity index (χ3v) is 4.67. The minimum absolute atomic E-state index is 0.758. The summed E-state index contributed by atoms with van der Waals surface area (Å²) in [4.78, 5) is 0. The molecule has 0 bridgehead atoms. The lowest BCUT2D eigenvalue weighted by molar-refractivity contribution is 0.199. The number of hydrogen-bond donors (Lipinski definition) is 1. The SMILES string of the molecule is COCCNCCC(C)CCc1cc(C)c(Br)cc1C. The third-order valence-electron chi connectivity index (χ3n) is 3.82. The monoisotopic (exact) mass is 341 g/mol. The molecule has 0 saturated carbocycles. The molecule has 0 fully saturated rings. The van der Waals surface area contributed by atoms with Crippen molar-refractivity contribution in [2.24, 2.45) is 5.92 Å². The van der Waals surface area contributed by atoms with Gasteiger partial charge in [0.15, 0.2) is 0 Å². The van der Waals surface area contributed by atoms with E-state index in [0.717, 1.165) is 25.6 Å². The van der Waals surface area contributed by atoms with Crippen molar-refractivity contribution in [2.45, 2.75) is 40.0 Å². The molecule has 0 saturated heterocycles. The topological polar surface area (TPSA) is 21.3 Å². The number of methoxy groups -OCH3 is 1. The second-order valence-corrected chi connectivity index (χ2v) is 6.56. The Labute approximate surface area is 132 Å². The summed E-state index contributed by atoms with van der Waals surface area (Å²) < 4.78 is 6.24. The molecule has 0 aliphatic carbocycles. The number of aryl methyl sites for hydroxylation is 3. The predicted octanol–water partition coefficient (Wildman–Crippen LogP) is 4.26. The summed E-state index contributed by atoms with van der Waals surface area (Å²) in [5.74, 6) is 0.758. The first-order valence-electron chi connectivity index (χ1n) is 7.50. The highest BCUT2D eigenvalue weighted by Crippen LogP contribution is 2.23. The average molecular weight is 342 g/mol. The fourth-order valence-corrected chi connectivity index (χ4v) is 2.76. The van der Waals surface area contributed by atoms with Gasteiger partial charge in [0.25, 0.3) is 0 Å². The first kappa shape index (κ1) is 17.7. The molecule has 20 heavy (non-hydrogen) atoms. The molecule has 0 radical (unpaired) electrons. The molecule has 0 aliphatic rings. The van der Waals surface area contributed by atoms with Gasteiger partial charge in [-0.3, -0.25) is 0 Å². The zero-order valence-corrected chi connectivity index (χ0v) is 14.8. The van der Waals surface area contributed by atoms with Crippen LogP contribution in [0, 0.1) is 19.8 Å². The van der Waals surface area contributed by atoms with Crippen molar-refractivity contribution >= 4 is 15.9 Å². The van der Waals surface area contributed by atoms with E-state index >= 15 is 0 Å². The molecule has 2 nitrogen and oxygen atoms in total. The van der Waals surface area contributed by atoms with Crippen LogP contribution in [0.2, 0.25) is 0 Å². The first-order valence-corrected chi connectivity index (χ1v) is 8.29. The molecule has 1 aromatic carbocycles. The van der Waals surface area contributed by atoms with E-state index in [-0.39, 0.29) is 0 Å². The van der Waals surface area contributed by atoms with Gasteiger partial charge in [0, 0.05) is 18.1 Å². The smallest absolute Gasteiger partial charge is 0.0587 e. The zero-order chi connectivity index (χ0) is 15.0. The molecule has 1 aromatic rings. The maximum atomic E-state index is 5.02. The van der Waals surface area contributed by atoms with E-state index in [1.165, 1.54) is 40.4 Å². The van der Waals surface area contributed by atoms with Gasteiger partial charge < -0.3 is 10.1 Å². The van der Waals surface area contributed by atoms with E-state index in [1.54, 1.807) is 7.11 Å². The molecule has 0 heterocycles. The van der Waals surface area contributed by atoms with Crippen molar-refractivity contribution in [3.63, 3.8) is 0 Å². The maximum Gasteiger partial charge on any atom is 0.0587 e. The summed E-state index contributed by atoms with van der Waals surface area (Å²) in [5.41, 5.74) is 4.22. The van der Waals surface area contributed by atoms with Gasteiger partial charge in [-0.25, -0.2) is 0 Å². The molecule has 0 amide bonds. The van der Waals surface area contributed by atoms with E-state index in [0.29, 0.717) is 0 Å². The second kappa shape index (κ2) is 9.54. The van der Waals surface area contributed by atoms with Gasteiger partial charge in [-0.05, 0) is 68.3 Å². The predicted molar refractivity (Wildman–Crippen MR) is 90.5 cm³/mol. The average Bonchev–Trinajstić information content (AvgIpc) is 2.41. The zero-order valence-electron chi connectivity index (χ0n) is 13.3. The summed E-state index contributed by atoms with van der Waals surface area (Å²) in [6.45, 7) is 9.55. The lowest BCUT2D eigenvalue weighted by atomic mass is 9.95. The van der Waals surface area contributed by atoms with Crippen LogP contribution in [0.5, 0.6) is 0 Å². The molecule has 3 heteroatoms. The number of hydrogen-bond acceptors (Lipinski definition) is 2. The second-order valence-electron chi connectivity index (χ2n) is 5.70. The Kier molecular flexibility index (Phi) is 8.43. The molecular formula is C17H28BrNO. The molecule has 0 aromatic heterocycles. The molecule has 0 aliphatic heterocycles. The molecule has 114 valence electrons. The highest BCUT2D eigenvalue weighted by atomic mass is 79.9. The minimum Gasteiger partial charge on any atom is -0.383 e. The Bertz CT molecular complexity index is 406. The Morgan fingerprint density at radius 3 is 2.60 bits per heavy atom. The highest BCUT2D eigenvalue weighted by Gasteiger charge is 2.06. The number of benzene rings is 1. The van der Waals surface area contributed by atoms with Crippen LogP contribution in [0.4, 0.5) is 0 Å². The quantitative estimate of drug-likeness (QED) is 0.677. The normalized spacial score (nSPS) is 12.7. The number of ether oxygens (including phenoxy) is 1. The van der Waals surface area contributed by atoms with E-state index in [9.17, 15) is 0 Å². The van der Waals surface area contributed by atoms with Crippen LogP contribution in [0.1, 0.15) is 36.5 Å². The molecule has 1 unspecified atom stereocenters. The summed E-state index contributed by atoms with van der Waals surface area (Å²) in [6.07, 6.45) is 3.67. The van der Waals surface area contributed by atoms with Crippen molar-refractivity contribution in [3.8, 4) is 0 Å². The highest BCUT2D eigenvalue weighted by molar-refractivity contribution is 9.10. The summed E-state index contributed by atoms with van der Waals surface area (Å²) >= 11 is 3.60. The fourth-order valence-electron chi connectivity index (χ4n) is 2.30. The van der Waals surface area contributed by atoms with E-state index in [2.05, 4.69) is 54.2 Å². The first-order chi connectivity index (χ1) is 9.54. The molecule has 1 atom stereocenters. The van der Waals surface area contributed by atoms with Gasteiger partial charge in [0.05, 0.1) is 6.61 Å². The molecule has 1 rings (SSSR count). The number of nitrogens with one attached hydrogen (secondary N) is 1. The molecular weight excluding hydrogens is 314 g/mol. The van der Waals surface area contributed by atoms with Crippen LogP contribution in [0.25, 0.3) is 0 Å². The summed E-state index contributed by atoms with van der Waals surface area (Å²) in [5, 5.41) is 3.41. The van der Waals surface area contributed by atoms with Crippen LogP contribution in [0.3, 0.4) is 0 Å². The largest absolute Gasteiger partial charge is 0.383 e. The summed E-state index contributed by atoms with van der Waals surface area (Å²) in [6, 6.07) is 4.56. The van der Waals surface area contributed by atoms with Gasteiger partial charge in [-0.2, -0.15) is 0 Å². The van der Waals surface area contributed by atoms with Gasteiger partial charge in [0.2, 0.25) is 0 Å². The van der Waals surface area contributed by atoms with Crippen molar-refractivity contribution in [1.29, 1.82) is 0 Å². The Balaban J connectivity index is 2.30. The van der Waals surface area contributed by atoms with Crippen molar-refractivity contribution in [3.05, 3.63) is 33.3 Å². The van der Waals surface area contributed by atoms with Crippen molar-refractivity contribution in [1.82, 2.24) is 5.32 Å². The molecule has 1 N–H and O–H groups in total. The van der Waals surface area contributed by atoms with Gasteiger partial charge in [-0.1, -0.05) is 28.9 Å². The van der Waals surface area contributed by atoms with Crippen molar-refractivity contribution < 1.29 is 4.74 Å². The number of halogens is 1. The maximum absolute atomic E-state index is 5.02. The third kappa shape index (κ3) is 6.38. The lowest BCUT2D eigenvalue weighted by Crippen LogP contribution is -2.21. The fraction of sp³-hybridized carbons (Fsp3) is 0.647. The van der Waals surface area contributed by atoms with Crippen LogP contribution >= 0.6 is 15.9 Å². The lowest BCUT2D eigenvalue weighted by Gasteiger charge is -2.14. The van der Waals surface area contributed by atoms with Gasteiger partial charge in [-0.15, -0.1) is 0 Å². The van der Waals surface area contributed by atoms with Crippen LogP contribution < -0.4 is 5.32 Å². The number of rotatable bonds is 9. The Morgan fingerprint density at radius 2 is 1.90 bits per heavy atom. The Hall–Kier alpha value is -0.380. The van der Waals surface area contributed by atoms with Crippen LogP contribution in [0.15, 0.2) is 16.6 Å². The minimum atomic E-state index is 0.758. The Morgan fingerprint density at radius 1 is 1.15 bits per heavy atom. The van der Waals surface area contributed by atoms with E-state index in [4.69, 9.17) is 4.74 Å². The van der Waals surface area contributed by atoms with Gasteiger partial charge in [0.1, 0.15) is 0 Å². The van der Waals surface area contributed by atoms with E-state index in [1.807, 2.05) is 0 Å². The van der Waals surface area contributed by atoms with Crippen molar-refractivity contribution in [2.75, 3.05) is 26.8 Å². The van der Waals surface area contributed by atoms with E-state index < -0.39 is 0 Å². The van der Waals surface area contributed by atoms with Gasteiger partial charge >= 0.3 is 0 Å². The van der Waals surface area contributed by atoms with Crippen LogP contribution in [-0.4, -0.2) is 26.8 Å². The standard InChI is InChI=1S/C17H28BrNO/c1-13(7-8-19-9-10-20-4)5-6-16-11-15(3)17(18)12-14(16)2/h11-13,19H,5-10H2,1-4H3. The van der Waals surface area contributed by atoms with Crippen LogP contribution in [-0.2, 0) is 11.2 Å². The summed E-state index contributed by atoms with van der Waals surface area (Å²) in [7, 11) is 1.74. The molecule has 0 spiro atoms.